The number of aromatic nitrogens is 4. The van der Waals surface area contributed by atoms with Crippen molar-refractivity contribution < 1.29 is 0 Å². The molecular formula is C10H12N4OS. The highest BCUT2D eigenvalue weighted by Crippen LogP contribution is 1.95. The molecule has 0 aromatic carbocycles. The van der Waals surface area contributed by atoms with Crippen LogP contribution in [0.4, 0.5) is 0 Å². The summed E-state index contributed by atoms with van der Waals surface area (Å²) >= 11 is 5.04. The summed E-state index contributed by atoms with van der Waals surface area (Å²) in [6, 6.07) is 1.46. The zero-order chi connectivity index (χ0) is 11.5. The summed E-state index contributed by atoms with van der Waals surface area (Å²) in [6.07, 6.45) is 5.47. The van der Waals surface area contributed by atoms with Crippen LogP contribution >= 0.6 is 12.2 Å². The number of nitrogens with zero attached hydrogens (tertiary/aromatic N) is 3. The minimum Gasteiger partial charge on any atom is -0.323 e. The summed E-state index contributed by atoms with van der Waals surface area (Å²) in [5, 5.41) is 4.18. The van der Waals surface area contributed by atoms with Crippen LogP contribution in [0, 0.1) is 11.7 Å². The molecule has 0 radical (unpaired) electrons. The number of nitrogens with one attached hydrogen (secondary N) is 1. The lowest BCUT2D eigenvalue weighted by Gasteiger charge is -2.05. The quantitative estimate of drug-likeness (QED) is 0.812. The average Bonchev–Trinajstić information content (AvgIpc) is 2.63. The van der Waals surface area contributed by atoms with Crippen molar-refractivity contribution >= 4 is 12.2 Å². The van der Waals surface area contributed by atoms with Crippen LogP contribution < -0.4 is 5.56 Å². The average molecular weight is 236 g/mol. The van der Waals surface area contributed by atoms with E-state index in [4.69, 9.17) is 12.2 Å². The maximum atomic E-state index is 11.0. The molecule has 84 valence electrons. The van der Waals surface area contributed by atoms with Crippen molar-refractivity contribution in [3.63, 3.8) is 0 Å². The first kappa shape index (κ1) is 10.8. The van der Waals surface area contributed by atoms with Gasteiger partial charge in [-0.15, -0.1) is 0 Å². The second-order valence-electron chi connectivity index (χ2n) is 3.58. The Morgan fingerprint density at radius 3 is 2.94 bits per heavy atom. The first-order valence-corrected chi connectivity index (χ1v) is 5.35. The van der Waals surface area contributed by atoms with Gasteiger partial charge in [0, 0.05) is 25.0 Å². The van der Waals surface area contributed by atoms with E-state index < -0.39 is 0 Å². The second kappa shape index (κ2) is 4.44. The van der Waals surface area contributed by atoms with Gasteiger partial charge in [0.2, 0.25) is 0 Å². The van der Waals surface area contributed by atoms with Gasteiger partial charge in [0.05, 0.1) is 12.7 Å². The number of rotatable bonds is 3. The topological polar surface area (TPSA) is 55.6 Å². The van der Waals surface area contributed by atoms with Crippen molar-refractivity contribution in [2.24, 2.45) is 0 Å². The van der Waals surface area contributed by atoms with E-state index in [1.165, 1.54) is 6.07 Å². The smallest absolute Gasteiger partial charge is 0.251 e. The Hall–Kier alpha value is -1.69. The van der Waals surface area contributed by atoms with Crippen LogP contribution in [-0.2, 0) is 13.1 Å². The van der Waals surface area contributed by atoms with Crippen LogP contribution in [0.2, 0.25) is 0 Å². The Morgan fingerprint density at radius 1 is 1.50 bits per heavy atom. The molecule has 2 rings (SSSR count). The van der Waals surface area contributed by atoms with E-state index in [0.29, 0.717) is 11.3 Å². The molecule has 0 saturated carbocycles. The molecule has 2 heterocycles. The normalized spacial score (nSPS) is 10.6. The molecule has 0 unspecified atom stereocenters. The van der Waals surface area contributed by atoms with Crippen LogP contribution in [0.15, 0.2) is 29.5 Å². The molecule has 0 spiro atoms. The largest absolute Gasteiger partial charge is 0.323 e. The third-order valence-corrected chi connectivity index (χ3v) is 2.57. The Balaban J connectivity index is 2.10. The first-order valence-electron chi connectivity index (χ1n) is 4.94. The van der Waals surface area contributed by atoms with E-state index in [1.54, 1.807) is 6.20 Å². The van der Waals surface area contributed by atoms with Gasteiger partial charge in [0.15, 0.2) is 4.77 Å². The molecule has 2 aromatic rings. The lowest BCUT2D eigenvalue weighted by Crippen LogP contribution is -2.14. The molecule has 0 atom stereocenters. The molecule has 1 N–H and O–H groups in total. The highest BCUT2D eigenvalue weighted by atomic mass is 32.1. The highest BCUT2D eigenvalue weighted by molar-refractivity contribution is 7.71. The minimum absolute atomic E-state index is 0.170. The molecule has 0 aliphatic rings. The number of hydrogen-bond donors (Lipinski definition) is 1. The fourth-order valence-corrected chi connectivity index (χ4v) is 1.67. The van der Waals surface area contributed by atoms with Crippen molar-refractivity contribution in [1.82, 2.24) is 19.3 Å². The number of hydrogen-bond acceptors (Lipinski definition) is 3. The van der Waals surface area contributed by atoms with Gasteiger partial charge in [0.25, 0.3) is 5.56 Å². The van der Waals surface area contributed by atoms with Crippen molar-refractivity contribution in [3.05, 3.63) is 45.3 Å². The molecule has 5 nitrogen and oxygen atoms in total. The second-order valence-corrected chi connectivity index (χ2v) is 3.97. The molecule has 0 bridgehead atoms. The maximum Gasteiger partial charge on any atom is 0.251 e. The third kappa shape index (κ3) is 2.46. The SMILES string of the molecule is Cc1cnn(CCn2ccc(=O)[nH]c2=S)c1. The predicted octanol–water partition coefficient (Wildman–Crippen LogP) is 1.11. The fourth-order valence-electron chi connectivity index (χ4n) is 1.42. The van der Waals surface area contributed by atoms with Gasteiger partial charge in [-0.05, 0) is 24.7 Å². The number of H-pyrrole nitrogens is 1. The van der Waals surface area contributed by atoms with E-state index in [0.717, 1.165) is 12.1 Å². The summed E-state index contributed by atoms with van der Waals surface area (Å²) in [5.74, 6) is 0. The first-order chi connectivity index (χ1) is 7.65. The summed E-state index contributed by atoms with van der Waals surface area (Å²) in [4.78, 5) is 13.5. The third-order valence-electron chi connectivity index (χ3n) is 2.23. The van der Waals surface area contributed by atoms with Gasteiger partial charge >= 0.3 is 0 Å². The summed E-state index contributed by atoms with van der Waals surface area (Å²) in [7, 11) is 0. The maximum absolute atomic E-state index is 11.0. The van der Waals surface area contributed by atoms with Gasteiger partial charge in [0.1, 0.15) is 0 Å². The van der Waals surface area contributed by atoms with Crippen molar-refractivity contribution in [3.8, 4) is 0 Å². The van der Waals surface area contributed by atoms with E-state index in [1.807, 2.05) is 28.6 Å². The van der Waals surface area contributed by atoms with Crippen molar-refractivity contribution in [2.75, 3.05) is 0 Å². The molecule has 0 aliphatic heterocycles. The monoisotopic (exact) mass is 236 g/mol. The van der Waals surface area contributed by atoms with Crippen molar-refractivity contribution in [1.29, 1.82) is 0 Å². The van der Waals surface area contributed by atoms with Crippen molar-refractivity contribution in [2.45, 2.75) is 20.0 Å². The van der Waals surface area contributed by atoms with Gasteiger partial charge in [-0.25, -0.2) is 0 Å². The summed E-state index contributed by atoms with van der Waals surface area (Å²) in [6.45, 7) is 3.42. The number of aromatic amines is 1. The number of aryl methyl sites for hydroxylation is 3. The molecule has 16 heavy (non-hydrogen) atoms. The zero-order valence-corrected chi connectivity index (χ0v) is 9.70. The van der Waals surface area contributed by atoms with E-state index in [2.05, 4.69) is 10.1 Å². The minimum atomic E-state index is -0.170. The Morgan fingerprint density at radius 2 is 2.31 bits per heavy atom. The molecule has 0 saturated heterocycles. The molecule has 0 fully saturated rings. The van der Waals surface area contributed by atoms with Crippen LogP contribution in [-0.4, -0.2) is 19.3 Å². The predicted molar refractivity (Wildman–Crippen MR) is 62.9 cm³/mol. The van der Waals surface area contributed by atoms with Crippen LogP contribution in [0.5, 0.6) is 0 Å². The Labute approximate surface area is 97.4 Å². The highest BCUT2D eigenvalue weighted by Gasteiger charge is 1.96. The molecular weight excluding hydrogens is 224 g/mol. The standard InChI is InChI=1S/C10H12N4OS/c1-8-6-11-14(7-8)5-4-13-3-2-9(15)12-10(13)16/h2-3,6-7H,4-5H2,1H3,(H,12,15,16). The zero-order valence-electron chi connectivity index (χ0n) is 8.88. The van der Waals surface area contributed by atoms with Gasteiger partial charge in [-0.2, -0.15) is 5.10 Å². The summed E-state index contributed by atoms with van der Waals surface area (Å²) < 4.78 is 4.10. The summed E-state index contributed by atoms with van der Waals surface area (Å²) in [5.41, 5.74) is 0.959. The van der Waals surface area contributed by atoms with Gasteiger partial charge in [-0.1, -0.05) is 0 Å². The van der Waals surface area contributed by atoms with E-state index in [-0.39, 0.29) is 5.56 Å². The molecule has 2 aromatic heterocycles. The van der Waals surface area contributed by atoms with E-state index >= 15 is 0 Å². The van der Waals surface area contributed by atoms with E-state index in [9.17, 15) is 4.79 Å². The molecule has 6 heteroatoms. The fraction of sp³-hybridized carbons (Fsp3) is 0.300. The molecule has 0 aliphatic carbocycles. The Kier molecular flexibility index (Phi) is 3.00. The Bertz CT molecular complexity index is 595. The van der Waals surface area contributed by atoms with Gasteiger partial charge in [-0.3, -0.25) is 14.5 Å². The van der Waals surface area contributed by atoms with Crippen LogP contribution in [0.1, 0.15) is 5.56 Å². The van der Waals surface area contributed by atoms with Crippen LogP contribution in [0.3, 0.4) is 0 Å². The lowest BCUT2D eigenvalue weighted by molar-refractivity contribution is 0.522. The lowest BCUT2D eigenvalue weighted by atomic mass is 10.4. The van der Waals surface area contributed by atoms with Gasteiger partial charge < -0.3 is 4.57 Å². The molecule has 0 amide bonds. The van der Waals surface area contributed by atoms with Crippen LogP contribution in [0.25, 0.3) is 0 Å².